The van der Waals surface area contributed by atoms with Gasteiger partial charge in [-0.2, -0.15) is 0 Å². The van der Waals surface area contributed by atoms with Gasteiger partial charge in [0.2, 0.25) is 12.6 Å². The maximum Gasteiger partial charge on any atom is 0.338 e. The van der Waals surface area contributed by atoms with Crippen LogP contribution in [0.15, 0.2) is 66.3 Å². The van der Waals surface area contributed by atoms with Gasteiger partial charge in [0.25, 0.3) is 0 Å². The van der Waals surface area contributed by atoms with Gasteiger partial charge in [-0.05, 0) is 68.1 Å². The molecule has 1 aliphatic heterocycles. The number of benzene rings is 1. The van der Waals surface area contributed by atoms with Crippen LogP contribution >= 0.6 is 0 Å². The van der Waals surface area contributed by atoms with Crippen LogP contribution in [0.1, 0.15) is 70.7 Å². The first kappa shape index (κ1) is 27.8. The van der Waals surface area contributed by atoms with Crippen molar-refractivity contribution in [2.45, 2.75) is 79.0 Å². The molecule has 7 heteroatoms. The van der Waals surface area contributed by atoms with E-state index in [4.69, 9.17) is 18.9 Å². The Balaban J connectivity index is 1.82. The summed E-state index contributed by atoms with van der Waals surface area (Å²) in [7, 11) is 0. The predicted molar refractivity (Wildman–Crippen MR) is 142 cm³/mol. The molecule has 3 aliphatic rings. The Morgan fingerprint density at radius 2 is 1.76 bits per heavy atom. The molecular formula is C31H38O7. The molecule has 0 radical (unpaired) electrons. The molecule has 0 bridgehead atoms. The Morgan fingerprint density at radius 3 is 2.39 bits per heavy atom. The highest BCUT2D eigenvalue weighted by Gasteiger charge is 2.67. The third-order valence-corrected chi connectivity index (χ3v) is 8.83. The van der Waals surface area contributed by atoms with E-state index in [0.717, 1.165) is 18.4 Å². The highest BCUT2D eigenvalue weighted by Crippen LogP contribution is 2.67. The molecule has 4 rings (SSSR count). The molecule has 1 heterocycles. The van der Waals surface area contributed by atoms with Crippen LogP contribution in [0.5, 0.6) is 0 Å². The normalized spacial score (nSPS) is 34.3. The quantitative estimate of drug-likeness (QED) is 0.190. The van der Waals surface area contributed by atoms with Crippen LogP contribution in [0.2, 0.25) is 0 Å². The fraction of sp³-hybridized carbons (Fsp3) is 0.516. The van der Waals surface area contributed by atoms with E-state index in [-0.39, 0.29) is 11.3 Å². The Kier molecular flexibility index (Phi) is 7.98. The molecule has 1 saturated carbocycles. The average Bonchev–Trinajstić information content (AvgIpc) is 3.16. The van der Waals surface area contributed by atoms with E-state index in [1.165, 1.54) is 13.8 Å². The van der Waals surface area contributed by atoms with Gasteiger partial charge in [0.1, 0.15) is 6.10 Å². The summed E-state index contributed by atoms with van der Waals surface area (Å²) in [6.45, 7) is 13.1. The fourth-order valence-electron chi connectivity index (χ4n) is 6.59. The Morgan fingerprint density at radius 1 is 1.08 bits per heavy atom. The lowest BCUT2D eigenvalue weighted by Crippen LogP contribution is -2.57. The molecule has 2 aliphatic carbocycles. The van der Waals surface area contributed by atoms with Crippen LogP contribution in [0.4, 0.5) is 0 Å². The van der Waals surface area contributed by atoms with Crippen molar-refractivity contribution in [1.82, 2.24) is 0 Å². The summed E-state index contributed by atoms with van der Waals surface area (Å²) >= 11 is 0. The molecule has 38 heavy (non-hydrogen) atoms. The van der Waals surface area contributed by atoms with Crippen LogP contribution in [0, 0.1) is 22.7 Å². The fourth-order valence-corrected chi connectivity index (χ4v) is 6.59. The van der Waals surface area contributed by atoms with Crippen LogP contribution in [-0.2, 0) is 28.5 Å². The second-order valence-corrected chi connectivity index (χ2v) is 11.1. The van der Waals surface area contributed by atoms with Gasteiger partial charge in [-0.1, -0.05) is 56.4 Å². The lowest BCUT2D eigenvalue weighted by Gasteiger charge is -2.58. The van der Waals surface area contributed by atoms with E-state index >= 15 is 0 Å². The van der Waals surface area contributed by atoms with Crippen molar-refractivity contribution < 1.29 is 33.3 Å². The summed E-state index contributed by atoms with van der Waals surface area (Å²) < 4.78 is 23.6. The van der Waals surface area contributed by atoms with Crippen molar-refractivity contribution in [1.29, 1.82) is 0 Å². The molecule has 7 atom stereocenters. The molecule has 1 aromatic rings. The molecule has 7 nitrogen and oxygen atoms in total. The lowest BCUT2D eigenvalue weighted by molar-refractivity contribution is -0.235. The molecule has 0 unspecified atom stereocenters. The van der Waals surface area contributed by atoms with Gasteiger partial charge >= 0.3 is 17.9 Å². The summed E-state index contributed by atoms with van der Waals surface area (Å²) in [4.78, 5) is 37.3. The minimum Gasteiger partial charge on any atom is -0.455 e. The maximum absolute atomic E-state index is 13.1. The summed E-state index contributed by atoms with van der Waals surface area (Å²) in [5.74, 6) is -1.17. The van der Waals surface area contributed by atoms with E-state index in [1.807, 2.05) is 25.1 Å². The van der Waals surface area contributed by atoms with Crippen molar-refractivity contribution in [3.8, 4) is 0 Å². The third-order valence-electron chi connectivity index (χ3n) is 8.83. The van der Waals surface area contributed by atoms with Crippen molar-refractivity contribution >= 4 is 17.9 Å². The monoisotopic (exact) mass is 522 g/mol. The van der Waals surface area contributed by atoms with Gasteiger partial charge in [0, 0.05) is 19.4 Å². The van der Waals surface area contributed by atoms with Crippen molar-refractivity contribution in [3.05, 3.63) is 71.8 Å². The first-order valence-corrected chi connectivity index (χ1v) is 13.3. The lowest BCUT2D eigenvalue weighted by atomic mass is 9.46. The summed E-state index contributed by atoms with van der Waals surface area (Å²) in [5.41, 5.74) is 1.28. The number of carbonyl (C=O) groups excluding carboxylic acids is 3. The van der Waals surface area contributed by atoms with Crippen molar-refractivity contribution in [2.75, 3.05) is 0 Å². The molecule has 0 N–H and O–H groups in total. The summed E-state index contributed by atoms with van der Waals surface area (Å²) in [5, 5.41) is 0. The first-order chi connectivity index (χ1) is 18.0. The molecule has 2 fully saturated rings. The maximum atomic E-state index is 13.1. The SMILES string of the molecule is C=C/C(C)=C/C[C@@]1(C)[C@H](C)CC[C@@]23C(=C[C@@H](OC(=O)c4ccccc4)C[C@@H]12)[C@H](OC(C)=O)O[C@H]3OC(C)=O. The highest BCUT2D eigenvalue weighted by atomic mass is 16.8. The molecule has 1 spiro atoms. The van der Waals surface area contributed by atoms with Crippen molar-refractivity contribution in [3.63, 3.8) is 0 Å². The average molecular weight is 523 g/mol. The largest absolute Gasteiger partial charge is 0.455 e. The van der Waals surface area contributed by atoms with Gasteiger partial charge in [-0.25, -0.2) is 4.79 Å². The van der Waals surface area contributed by atoms with E-state index in [9.17, 15) is 14.4 Å². The Hall–Kier alpha value is -3.19. The van der Waals surface area contributed by atoms with Gasteiger partial charge in [-0.3, -0.25) is 14.3 Å². The van der Waals surface area contributed by atoms with E-state index in [0.29, 0.717) is 29.9 Å². The van der Waals surface area contributed by atoms with Gasteiger partial charge < -0.3 is 14.2 Å². The molecule has 1 aromatic carbocycles. The number of carbonyl (C=O) groups is 3. The Labute approximate surface area is 224 Å². The Bertz CT molecular complexity index is 1150. The molecular weight excluding hydrogens is 484 g/mol. The number of ether oxygens (including phenoxy) is 4. The number of esters is 3. The van der Waals surface area contributed by atoms with E-state index in [2.05, 4.69) is 26.5 Å². The smallest absolute Gasteiger partial charge is 0.338 e. The summed E-state index contributed by atoms with van der Waals surface area (Å²) in [6, 6.07) is 8.86. The topological polar surface area (TPSA) is 88.1 Å². The van der Waals surface area contributed by atoms with Crippen LogP contribution in [0.25, 0.3) is 0 Å². The highest BCUT2D eigenvalue weighted by molar-refractivity contribution is 5.89. The van der Waals surface area contributed by atoms with Crippen LogP contribution < -0.4 is 0 Å². The number of rotatable bonds is 7. The standard InChI is InChI=1S/C31H38O7/c1-7-19(2)13-15-30(6)20(3)14-16-31-25(28(35-21(4)32)38-29(31)36-22(5)33)17-24(18-26(30)31)37-27(34)23-11-9-8-10-12-23/h7-13,17,20,24,26,28-29H,1,14-16,18H2,2-6H3/b19-13+/t20-,24-,26+,28-,29-,30+,31-/m1/s1. The zero-order valence-electron chi connectivity index (χ0n) is 22.9. The molecule has 204 valence electrons. The summed E-state index contributed by atoms with van der Waals surface area (Å²) in [6.07, 6.45) is 6.22. The zero-order chi connectivity index (χ0) is 27.7. The first-order valence-electron chi connectivity index (χ1n) is 13.3. The number of hydrogen-bond acceptors (Lipinski definition) is 7. The molecule has 0 aromatic heterocycles. The van der Waals surface area contributed by atoms with Gasteiger partial charge in [0.05, 0.1) is 11.0 Å². The number of hydrogen-bond donors (Lipinski definition) is 0. The minimum absolute atomic E-state index is 0.0916. The predicted octanol–water partition coefficient (Wildman–Crippen LogP) is 5.91. The van der Waals surface area contributed by atoms with E-state index in [1.54, 1.807) is 24.3 Å². The van der Waals surface area contributed by atoms with Crippen LogP contribution in [-0.4, -0.2) is 36.6 Å². The molecule has 1 saturated heterocycles. The van der Waals surface area contributed by atoms with Crippen LogP contribution in [0.3, 0.4) is 0 Å². The molecule has 0 amide bonds. The second-order valence-electron chi connectivity index (χ2n) is 11.1. The van der Waals surface area contributed by atoms with Gasteiger partial charge in [-0.15, -0.1) is 0 Å². The third kappa shape index (κ3) is 5.08. The van der Waals surface area contributed by atoms with Crippen molar-refractivity contribution in [2.24, 2.45) is 22.7 Å². The van der Waals surface area contributed by atoms with Gasteiger partial charge in [0.15, 0.2) is 0 Å². The zero-order valence-corrected chi connectivity index (χ0v) is 22.9. The minimum atomic E-state index is -1.03. The second kappa shape index (κ2) is 10.9. The van der Waals surface area contributed by atoms with E-state index < -0.39 is 42.0 Å². The number of allylic oxidation sites excluding steroid dienone is 3.